The lowest BCUT2D eigenvalue weighted by Crippen LogP contribution is -2.43. The van der Waals surface area contributed by atoms with Crippen LogP contribution in [0.5, 0.6) is 5.75 Å². The minimum Gasteiger partial charge on any atom is -0.493 e. The molecule has 0 radical (unpaired) electrons. The maximum absolute atomic E-state index is 5.99. The number of aryl methyl sites for hydroxylation is 4. The third-order valence-corrected chi connectivity index (χ3v) is 5.41. The lowest BCUT2D eigenvalue weighted by atomic mass is 10.1. The molecule has 1 aromatic carbocycles. The van der Waals surface area contributed by atoms with Crippen LogP contribution >= 0.6 is 24.0 Å². The van der Waals surface area contributed by atoms with Gasteiger partial charge in [0.2, 0.25) is 0 Å². The minimum atomic E-state index is 0. The summed E-state index contributed by atoms with van der Waals surface area (Å²) in [6.45, 7) is 14.2. The molecule has 0 bridgehead atoms. The maximum atomic E-state index is 5.99. The number of halogens is 1. The van der Waals surface area contributed by atoms with Gasteiger partial charge < -0.3 is 15.4 Å². The van der Waals surface area contributed by atoms with Gasteiger partial charge in [0.05, 0.1) is 12.3 Å². The van der Waals surface area contributed by atoms with Gasteiger partial charge in [-0.15, -0.1) is 24.0 Å². The zero-order chi connectivity index (χ0) is 21.6. The number of nitrogens with one attached hydrogen (secondary N) is 2. The smallest absolute Gasteiger partial charge is 0.191 e. The summed E-state index contributed by atoms with van der Waals surface area (Å²) in [5.74, 6) is 1.81. The molecule has 0 aliphatic rings. The molecule has 0 aliphatic heterocycles. The molecule has 6 nitrogen and oxygen atoms in total. The summed E-state index contributed by atoms with van der Waals surface area (Å²) < 4.78 is 7.94. The summed E-state index contributed by atoms with van der Waals surface area (Å²) in [6.07, 6.45) is 1.82. The van der Waals surface area contributed by atoms with E-state index in [9.17, 15) is 0 Å². The first-order chi connectivity index (χ1) is 13.7. The quantitative estimate of drug-likeness (QED) is 0.235. The molecule has 2 rings (SSSR count). The first-order valence-electron chi connectivity index (χ1n) is 10.4. The fraction of sp³-hybridized carbons (Fsp3) is 0.565. The Balaban J connectivity index is 0.00000450. The van der Waals surface area contributed by atoms with Crippen LogP contribution < -0.4 is 15.4 Å². The fourth-order valence-corrected chi connectivity index (χ4v) is 3.51. The molecule has 0 saturated carbocycles. The fourth-order valence-electron chi connectivity index (χ4n) is 3.51. The lowest BCUT2D eigenvalue weighted by Gasteiger charge is -2.18. The van der Waals surface area contributed by atoms with Gasteiger partial charge in [0.1, 0.15) is 5.75 Å². The molecule has 1 atom stereocenters. The molecule has 168 valence electrons. The second kappa shape index (κ2) is 12.2. The summed E-state index contributed by atoms with van der Waals surface area (Å²) in [5, 5.41) is 11.4. The average Bonchev–Trinajstić information content (AvgIpc) is 2.90. The summed E-state index contributed by atoms with van der Waals surface area (Å²) in [7, 11) is 3.80. The van der Waals surface area contributed by atoms with Gasteiger partial charge >= 0.3 is 0 Å². The summed E-state index contributed by atoms with van der Waals surface area (Å²) in [5.41, 5.74) is 7.35. The highest BCUT2D eigenvalue weighted by molar-refractivity contribution is 14.0. The molecule has 1 aromatic heterocycles. The summed E-state index contributed by atoms with van der Waals surface area (Å²) >= 11 is 0. The first kappa shape index (κ1) is 26.3. The van der Waals surface area contributed by atoms with Gasteiger partial charge in [-0.1, -0.05) is 6.07 Å². The van der Waals surface area contributed by atoms with E-state index < -0.39 is 0 Å². The van der Waals surface area contributed by atoms with Gasteiger partial charge in [-0.05, 0) is 82.7 Å². The number of hydrogen-bond acceptors (Lipinski definition) is 3. The Kier molecular flexibility index (Phi) is 10.7. The van der Waals surface area contributed by atoms with E-state index in [-0.39, 0.29) is 30.0 Å². The van der Waals surface area contributed by atoms with Crippen molar-refractivity contribution in [3.63, 3.8) is 0 Å². The molecule has 2 N–H and O–H groups in total. The molecule has 0 saturated heterocycles. The van der Waals surface area contributed by atoms with Crippen molar-refractivity contribution in [1.29, 1.82) is 0 Å². The number of aromatic nitrogens is 2. The van der Waals surface area contributed by atoms with Crippen molar-refractivity contribution in [3.05, 3.63) is 45.8 Å². The van der Waals surface area contributed by atoms with Gasteiger partial charge in [-0.3, -0.25) is 9.67 Å². The molecule has 0 amide bonds. The molecule has 1 unspecified atom stereocenters. The number of guanidine groups is 1. The SMILES string of the molecule is CN=C(NCCCOc1cc(C)cc(C)c1C)NC(C)Cc1c(C)nn(C)c1C.I. The predicted octanol–water partition coefficient (Wildman–Crippen LogP) is 4.15. The van der Waals surface area contributed by atoms with E-state index in [1.165, 1.54) is 27.9 Å². The van der Waals surface area contributed by atoms with Crippen LogP contribution in [0.1, 0.15) is 47.0 Å². The van der Waals surface area contributed by atoms with Crippen LogP contribution in [0.4, 0.5) is 0 Å². The van der Waals surface area contributed by atoms with Crippen molar-refractivity contribution in [1.82, 2.24) is 20.4 Å². The zero-order valence-corrected chi connectivity index (χ0v) is 22.0. The Morgan fingerprint density at radius 3 is 2.50 bits per heavy atom. The Hall–Kier alpha value is -1.77. The standard InChI is InChI=1S/C23H37N5O.HI/c1-15-12-16(2)18(4)22(13-15)29-11-9-10-25-23(24-7)26-17(3)14-21-19(5)27-28(8)20(21)6;/h12-13,17H,9-11,14H2,1-8H3,(H2,24,25,26);1H. The molecular weight excluding hydrogens is 489 g/mol. The van der Waals surface area contributed by atoms with Crippen LogP contribution in [0, 0.1) is 34.6 Å². The van der Waals surface area contributed by atoms with Crippen LogP contribution in [0.3, 0.4) is 0 Å². The van der Waals surface area contributed by atoms with Crippen LogP contribution in [0.2, 0.25) is 0 Å². The van der Waals surface area contributed by atoms with Crippen molar-refractivity contribution in [2.75, 3.05) is 20.2 Å². The highest BCUT2D eigenvalue weighted by atomic mass is 127. The molecule has 1 heterocycles. The van der Waals surface area contributed by atoms with E-state index >= 15 is 0 Å². The number of ether oxygens (including phenoxy) is 1. The number of hydrogen-bond donors (Lipinski definition) is 2. The van der Waals surface area contributed by atoms with Gasteiger partial charge in [-0.25, -0.2) is 0 Å². The van der Waals surface area contributed by atoms with Gasteiger partial charge in [0.25, 0.3) is 0 Å². The zero-order valence-electron chi connectivity index (χ0n) is 19.7. The van der Waals surface area contributed by atoms with E-state index in [0.717, 1.165) is 36.8 Å². The predicted molar refractivity (Wildman–Crippen MR) is 137 cm³/mol. The molecule has 0 aliphatic carbocycles. The van der Waals surface area contributed by atoms with Crippen LogP contribution in [-0.2, 0) is 13.5 Å². The molecule has 0 spiro atoms. The second-order valence-corrected chi connectivity index (χ2v) is 7.93. The first-order valence-corrected chi connectivity index (χ1v) is 10.4. The monoisotopic (exact) mass is 527 g/mol. The molecule has 2 aromatic rings. The third-order valence-electron chi connectivity index (χ3n) is 5.41. The Morgan fingerprint density at radius 1 is 1.20 bits per heavy atom. The normalized spacial score (nSPS) is 12.3. The van der Waals surface area contributed by atoms with Crippen LogP contribution in [0.25, 0.3) is 0 Å². The van der Waals surface area contributed by atoms with Gasteiger partial charge in [0.15, 0.2) is 5.96 Å². The average molecular weight is 527 g/mol. The van der Waals surface area contributed by atoms with Crippen molar-refractivity contribution < 1.29 is 4.74 Å². The number of nitrogens with zero attached hydrogens (tertiary/aromatic N) is 3. The Bertz CT molecular complexity index is 860. The van der Waals surface area contributed by atoms with E-state index in [0.29, 0.717) is 6.61 Å². The topological polar surface area (TPSA) is 63.5 Å². The number of benzene rings is 1. The van der Waals surface area contributed by atoms with Gasteiger partial charge in [-0.2, -0.15) is 5.10 Å². The highest BCUT2D eigenvalue weighted by Crippen LogP contribution is 2.23. The highest BCUT2D eigenvalue weighted by Gasteiger charge is 2.14. The summed E-state index contributed by atoms with van der Waals surface area (Å²) in [4.78, 5) is 4.35. The van der Waals surface area contributed by atoms with E-state index in [1.54, 1.807) is 7.05 Å². The molecule has 0 fully saturated rings. The van der Waals surface area contributed by atoms with Crippen molar-refractivity contribution in [3.8, 4) is 5.75 Å². The van der Waals surface area contributed by atoms with Crippen molar-refractivity contribution in [2.24, 2.45) is 12.0 Å². The van der Waals surface area contributed by atoms with Crippen molar-refractivity contribution >= 4 is 29.9 Å². The minimum absolute atomic E-state index is 0. The molecular formula is C23H38IN5O. The number of aliphatic imine (C=N–C) groups is 1. The van der Waals surface area contributed by atoms with E-state index in [4.69, 9.17) is 4.74 Å². The van der Waals surface area contributed by atoms with Crippen molar-refractivity contribution in [2.45, 2.75) is 60.4 Å². The Morgan fingerprint density at radius 2 is 1.90 bits per heavy atom. The largest absolute Gasteiger partial charge is 0.493 e. The molecule has 30 heavy (non-hydrogen) atoms. The van der Waals surface area contributed by atoms with Crippen LogP contribution in [0.15, 0.2) is 17.1 Å². The van der Waals surface area contributed by atoms with Gasteiger partial charge in [0, 0.05) is 32.4 Å². The summed E-state index contributed by atoms with van der Waals surface area (Å²) in [6, 6.07) is 4.56. The maximum Gasteiger partial charge on any atom is 0.191 e. The second-order valence-electron chi connectivity index (χ2n) is 7.93. The van der Waals surface area contributed by atoms with Crippen LogP contribution in [-0.4, -0.2) is 42.0 Å². The Labute approximate surface area is 198 Å². The van der Waals surface area contributed by atoms with E-state index in [1.807, 2.05) is 11.7 Å². The number of rotatable bonds is 8. The van der Waals surface area contributed by atoms with E-state index in [2.05, 4.69) is 74.4 Å². The third kappa shape index (κ3) is 7.18. The lowest BCUT2D eigenvalue weighted by molar-refractivity contribution is 0.308. The molecule has 7 heteroatoms.